The molecule has 7 nitrogen and oxygen atoms in total. The molecule has 1 aliphatic heterocycles. The summed E-state index contributed by atoms with van der Waals surface area (Å²) < 4.78 is 28.3. The van der Waals surface area contributed by atoms with E-state index in [-0.39, 0.29) is 28.8 Å². The number of benzene rings is 2. The summed E-state index contributed by atoms with van der Waals surface area (Å²) in [5, 5.41) is 10.5. The van der Waals surface area contributed by atoms with Gasteiger partial charge in [-0.25, -0.2) is 8.42 Å². The third kappa shape index (κ3) is 6.34. The normalized spacial score (nSPS) is 17.3. The molecule has 178 valence electrons. The van der Waals surface area contributed by atoms with E-state index in [4.69, 9.17) is 11.6 Å². The predicted molar refractivity (Wildman–Crippen MR) is 127 cm³/mol. The molecule has 9 heteroatoms. The SMILES string of the molecule is CC(C)C[C@@H](NS(=O)(=O)c1ccccc1)C(=O)N1CCC[C@H]1C(=O)Cc1cc(Cl)ccc1O. The molecule has 1 heterocycles. The maximum Gasteiger partial charge on any atom is 0.241 e. The highest BCUT2D eigenvalue weighted by atomic mass is 35.5. The minimum absolute atomic E-state index is 0.0306. The number of amides is 1. The Kier molecular flexibility index (Phi) is 8.15. The number of rotatable bonds is 9. The molecular weight excluding hydrogens is 464 g/mol. The van der Waals surface area contributed by atoms with Crippen LogP contribution in [-0.4, -0.2) is 48.7 Å². The molecule has 0 unspecified atom stereocenters. The third-order valence-electron chi connectivity index (χ3n) is 5.67. The maximum atomic E-state index is 13.5. The van der Waals surface area contributed by atoms with Crippen LogP contribution in [0.3, 0.4) is 0 Å². The second-order valence-corrected chi connectivity index (χ2v) is 10.9. The molecule has 33 heavy (non-hydrogen) atoms. The third-order valence-corrected chi connectivity index (χ3v) is 7.39. The van der Waals surface area contributed by atoms with Crippen LogP contribution in [0, 0.1) is 5.92 Å². The second kappa shape index (κ2) is 10.7. The average molecular weight is 493 g/mol. The highest BCUT2D eigenvalue weighted by molar-refractivity contribution is 7.89. The molecule has 0 saturated carbocycles. The zero-order chi connectivity index (χ0) is 24.2. The molecule has 0 bridgehead atoms. The maximum absolute atomic E-state index is 13.5. The number of aromatic hydroxyl groups is 1. The number of hydrogen-bond donors (Lipinski definition) is 2. The fourth-order valence-corrected chi connectivity index (χ4v) is 5.51. The lowest BCUT2D eigenvalue weighted by Gasteiger charge is -2.29. The van der Waals surface area contributed by atoms with Crippen LogP contribution >= 0.6 is 11.6 Å². The number of hydrogen-bond acceptors (Lipinski definition) is 5. The van der Waals surface area contributed by atoms with Crippen LogP contribution in [0.2, 0.25) is 5.02 Å². The van der Waals surface area contributed by atoms with Crippen LogP contribution in [0.1, 0.15) is 38.7 Å². The highest BCUT2D eigenvalue weighted by Crippen LogP contribution is 2.26. The van der Waals surface area contributed by atoms with Gasteiger partial charge < -0.3 is 10.0 Å². The zero-order valence-electron chi connectivity index (χ0n) is 18.7. The van der Waals surface area contributed by atoms with Crippen molar-refractivity contribution in [2.75, 3.05) is 6.54 Å². The Hall–Kier alpha value is -2.42. The molecule has 3 rings (SSSR count). The number of nitrogens with zero attached hydrogens (tertiary/aromatic N) is 1. The second-order valence-electron chi connectivity index (χ2n) is 8.72. The molecule has 2 N–H and O–H groups in total. The highest BCUT2D eigenvalue weighted by Gasteiger charge is 2.38. The Morgan fingerprint density at radius 3 is 2.55 bits per heavy atom. The number of halogens is 1. The van der Waals surface area contributed by atoms with Gasteiger partial charge in [0.05, 0.1) is 10.9 Å². The summed E-state index contributed by atoms with van der Waals surface area (Å²) in [5.74, 6) is -0.600. The number of phenolic OH excluding ortho intramolecular Hbond substituents is 1. The van der Waals surface area contributed by atoms with Crippen LogP contribution in [0.25, 0.3) is 0 Å². The molecule has 1 aliphatic rings. The quantitative estimate of drug-likeness (QED) is 0.557. The van der Waals surface area contributed by atoms with Gasteiger partial charge in [-0.15, -0.1) is 0 Å². The van der Waals surface area contributed by atoms with E-state index in [1.165, 1.54) is 35.2 Å². The van der Waals surface area contributed by atoms with Crippen molar-refractivity contribution in [3.63, 3.8) is 0 Å². The molecule has 2 atom stereocenters. The minimum Gasteiger partial charge on any atom is -0.508 e. The fourth-order valence-electron chi connectivity index (χ4n) is 4.09. The first-order valence-electron chi connectivity index (χ1n) is 11.0. The Morgan fingerprint density at radius 2 is 1.88 bits per heavy atom. The summed E-state index contributed by atoms with van der Waals surface area (Å²) >= 11 is 5.99. The number of Topliss-reactive ketones (excluding diaryl/α,β-unsaturated/α-hetero) is 1. The summed E-state index contributed by atoms with van der Waals surface area (Å²) in [6, 6.07) is 10.7. The summed E-state index contributed by atoms with van der Waals surface area (Å²) in [5.41, 5.74) is 0.398. The Balaban J connectivity index is 1.80. The first kappa shape index (κ1) is 25.2. The van der Waals surface area contributed by atoms with Gasteiger partial charge in [-0.1, -0.05) is 43.6 Å². The smallest absolute Gasteiger partial charge is 0.241 e. The van der Waals surface area contributed by atoms with Gasteiger partial charge in [-0.3, -0.25) is 9.59 Å². The number of phenols is 1. The zero-order valence-corrected chi connectivity index (χ0v) is 20.3. The molecule has 0 aromatic heterocycles. The van der Waals surface area contributed by atoms with Crippen molar-refractivity contribution in [1.29, 1.82) is 0 Å². The molecular formula is C24H29ClN2O5S. The number of likely N-dealkylation sites (tertiary alicyclic amines) is 1. The fraction of sp³-hybridized carbons (Fsp3) is 0.417. The van der Waals surface area contributed by atoms with E-state index in [1.54, 1.807) is 18.2 Å². The van der Waals surface area contributed by atoms with Crippen LogP contribution < -0.4 is 4.72 Å². The van der Waals surface area contributed by atoms with Gasteiger partial charge >= 0.3 is 0 Å². The largest absolute Gasteiger partial charge is 0.508 e. The molecule has 1 fully saturated rings. The van der Waals surface area contributed by atoms with E-state index < -0.39 is 28.0 Å². The Morgan fingerprint density at radius 1 is 1.18 bits per heavy atom. The lowest BCUT2D eigenvalue weighted by Crippen LogP contribution is -2.52. The number of carbonyl (C=O) groups excluding carboxylic acids is 2. The van der Waals surface area contributed by atoms with E-state index >= 15 is 0 Å². The van der Waals surface area contributed by atoms with Crippen molar-refractivity contribution in [3.05, 3.63) is 59.1 Å². The predicted octanol–water partition coefficient (Wildman–Crippen LogP) is 3.54. The van der Waals surface area contributed by atoms with Crippen molar-refractivity contribution in [2.45, 2.75) is 56.5 Å². The summed E-state index contributed by atoms with van der Waals surface area (Å²) in [7, 11) is -3.91. The van der Waals surface area contributed by atoms with E-state index in [0.717, 1.165) is 0 Å². The number of sulfonamides is 1. The van der Waals surface area contributed by atoms with E-state index in [0.29, 0.717) is 36.4 Å². The molecule has 2 aromatic rings. The molecule has 1 amide bonds. The van der Waals surface area contributed by atoms with Crippen molar-refractivity contribution in [1.82, 2.24) is 9.62 Å². The Labute approximate surface area is 199 Å². The number of carbonyl (C=O) groups is 2. The summed E-state index contributed by atoms with van der Waals surface area (Å²) in [6.45, 7) is 4.19. The monoisotopic (exact) mass is 492 g/mol. The van der Waals surface area contributed by atoms with Crippen molar-refractivity contribution in [2.24, 2.45) is 5.92 Å². The number of ketones is 1. The van der Waals surface area contributed by atoms with Crippen LogP contribution in [0.15, 0.2) is 53.4 Å². The van der Waals surface area contributed by atoms with Crippen LogP contribution in [-0.2, 0) is 26.0 Å². The van der Waals surface area contributed by atoms with Gasteiger partial charge in [0.2, 0.25) is 15.9 Å². The van der Waals surface area contributed by atoms with Gasteiger partial charge in [0, 0.05) is 23.6 Å². The van der Waals surface area contributed by atoms with Gasteiger partial charge in [0.15, 0.2) is 5.78 Å². The minimum atomic E-state index is -3.91. The first-order chi connectivity index (χ1) is 15.6. The molecule has 0 radical (unpaired) electrons. The van der Waals surface area contributed by atoms with E-state index in [9.17, 15) is 23.1 Å². The van der Waals surface area contributed by atoms with Crippen molar-refractivity contribution >= 4 is 33.3 Å². The van der Waals surface area contributed by atoms with Crippen molar-refractivity contribution < 1.29 is 23.1 Å². The van der Waals surface area contributed by atoms with Crippen LogP contribution in [0.5, 0.6) is 5.75 Å². The number of nitrogens with one attached hydrogen (secondary N) is 1. The Bertz CT molecular complexity index is 1110. The first-order valence-corrected chi connectivity index (χ1v) is 12.8. The lowest BCUT2D eigenvalue weighted by molar-refractivity contribution is -0.139. The van der Waals surface area contributed by atoms with Gasteiger partial charge in [0.1, 0.15) is 11.8 Å². The average Bonchev–Trinajstić information content (AvgIpc) is 3.25. The van der Waals surface area contributed by atoms with Gasteiger partial charge in [0.25, 0.3) is 0 Å². The molecule has 0 aliphatic carbocycles. The van der Waals surface area contributed by atoms with Gasteiger partial charge in [-0.05, 0) is 55.5 Å². The van der Waals surface area contributed by atoms with E-state index in [2.05, 4.69) is 4.72 Å². The molecule has 2 aromatic carbocycles. The summed E-state index contributed by atoms with van der Waals surface area (Å²) in [6.07, 6.45) is 1.37. The van der Waals surface area contributed by atoms with E-state index in [1.807, 2.05) is 13.8 Å². The van der Waals surface area contributed by atoms with Gasteiger partial charge in [-0.2, -0.15) is 4.72 Å². The molecule has 1 saturated heterocycles. The standard InChI is InChI=1S/C24H29ClN2O5S/c1-16(2)13-20(26-33(31,32)19-7-4-3-5-8-19)24(30)27-12-6-9-21(27)23(29)15-17-14-18(25)10-11-22(17)28/h3-5,7-8,10-11,14,16,20-21,26,28H,6,9,12-13,15H2,1-2H3/t20-,21+/m1/s1. The topological polar surface area (TPSA) is 104 Å². The lowest BCUT2D eigenvalue weighted by atomic mass is 9.99. The van der Waals surface area contributed by atoms with Crippen molar-refractivity contribution in [3.8, 4) is 5.75 Å². The van der Waals surface area contributed by atoms with Crippen LogP contribution in [0.4, 0.5) is 0 Å². The molecule has 0 spiro atoms. The summed E-state index contributed by atoms with van der Waals surface area (Å²) in [4.78, 5) is 28.1.